The normalized spacial score (nSPS) is 12.4. The van der Waals surface area contributed by atoms with E-state index in [4.69, 9.17) is 10.2 Å². The quantitative estimate of drug-likeness (QED) is 0.824. The third kappa shape index (κ3) is 2.82. The van der Waals surface area contributed by atoms with Crippen LogP contribution < -0.4 is 16.7 Å². The molecule has 0 aliphatic heterocycles. The first-order chi connectivity index (χ1) is 9.01. The molecule has 1 aromatic heterocycles. The molecule has 5 nitrogen and oxygen atoms in total. The molecule has 0 spiro atoms. The van der Waals surface area contributed by atoms with E-state index in [1.807, 2.05) is 13.8 Å². The Bertz CT molecular complexity index is 676. The SMILES string of the molecule is CCC(N)C(=O)Nc1ccc2c(C)cc(=O)oc2c1. The zero-order valence-corrected chi connectivity index (χ0v) is 10.9. The van der Waals surface area contributed by atoms with Gasteiger partial charge in [-0.15, -0.1) is 0 Å². The predicted octanol–water partition coefficient (Wildman–Crippen LogP) is 1.78. The van der Waals surface area contributed by atoms with Crippen LogP contribution in [0.3, 0.4) is 0 Å². The Hall–Kier alpha value is -2.14. The Labute approximate surface area is 110 Å². The lowest BCUT2D eigenvalue weighted by Crippen LogP contribution is -2.34. The molecular weight excluding hydrogens is 244 g/mol. The van der Waals surface area contributed by atoms with E-state index in [1.165, 1.54) is 6.07 Å². The van der Waals surface area contributed by atoms with E-state index >= 15 is 0 Å². The maximum absolute atomic E-state index is 11.7. The molecule has 2 aromatic rings. The molecule has 1 aromatic carbocycles. The van der Waals surface area contributed by atoms with Gasteiger partial charge in [0, 0.05) is 23.2 Å². The van der Waals surface area contributed by atoms with Gasteiger partial charge in [-0.05, 0) is 31.0 Å². The number of carbonyl (C=O) groups excluding carboxylic acids is 1. The number of hydrogen-bond acceptors (Lipinski definition) is 4. The highest BCUT2D eigenvalue weighted by Crippen LogP contribution is 2.20. The van der Waals surface area contributed by atoms with Crippen LogP contribution in [0.1, 0.15) is 18.9 Å². The fourth-order valence-corrected chi connectivity index (χ4v) is 1.82. The van der Waals surface area contributed by atoms with E-state index in [0.29, 0.717) is 17.7 Å². The Morgan fingerprint density at radius 2 is 2.16 bits per heavy atom. The molecule has 0 saturated heterocycles. The zero-order valence-electron chi connectivity index (χ0n) is 10.9. The van der Waals surface area contributed by atoms with Crippen LogP contribution in [0, 0.1) is 6.92 Å². The first-order valence-corrected chi connectivity index (χ1v) is 6.12. The van der Waals surface area contributed by atoms with Gasteiger partial charge < -0.3 is 15.5 Å². The number of benzene rings is 1. The van der Waals surface area contributed by atoms with E-state index in [0.717, 1.165) is 10.9 Å². The fraction of sp³-hybridized carbons (Fsp3) is 0.286. The third-order valence-corrected chi connectivity index (χ3v) is 3.00. The summed E-state index contributed by atoms with van der Waals surface area (Å²) in [5, 5.41) is 3.54. The molecule has 100 valence electrons. The van der Waals surface area contributed by atoms with Crippen molar-refractivity contribution in [2.75, 3.05) is 5.32 Å². The highest BCUT2D eigenvalue weighted by Gasteiger charge is 2.11. The molecule has 0 radical (unpaired) electrons. The monoisotopic (exact) mass is 260 g/mol. The Morgan fingerprint density at radius 3 is 2.84 bits per heavy atom. The Morgan fingerprint density at radius 1 is 1.42 bits per heavy atom. The van der Waals surface area contributed by atoms with Crippen molar-refractivity contribution in [1.82, 2.24) is 0 Å². The van der Waals surface area contributed by atoms with Crippen LogP contribution in [0.4, 0.5) is 5.69 Å². The van der Waals surface area contributed by atoms with Crippen LogP contribution in [-0.4, -0.2) is 11.9 Å². The molecule has 5 heteroatoms. The van der Waals surface area contributed by atoms with Gasteiger partial charge in [-0.1, -0.05) is 6.92 Å². The summed E-state index contributed by atoms with van der Waals surface area (Å²) >= 11 is 0. The van der Waals surface area contributed by atoms with Crippen molar-refractivity contribution in [2.45, 2.75) is 26.3 Å². The van der Waals surface area contributed by atoms with Gasteiger partial charge in [0.1, 0.15) is 5.58 Å². The van der Waals surface area contributed by atoms with E-state index < -0.39 is 11.7 Å². The van der Waals surface area contributed by atoms with Crippen LogP contribution in [0.5, 0.6) is 0 Å². The molecule has 1 unspecified atom stereocenters. The molecule has 1 amide bonds. The van der Waals surface area contributed by atoms with Crippen molar-refractivity contribution in [3.63, 3.8) is 0 Å². The lowest BCUT2D eigenvalue weighted by Gasteiger charge is -2.10. The summed E-state index contributed by atoms with van der Waals surface area (Å²) in [4.78, 5) is 23.0. The van der Waals surface area contributed by atoms with E-state index in [-0.39, 0.29) is 5.91 Å². The highest BCUT2D eigenvalue weighted by molar-refractivity contribution is 5.96. The average Bonchev–Trinajstić information content (AvgIpc) is 2.36. The predicted molar refractivity (Wildman–Crippen MR) is 74.1 cm³/mol. The minimum atomic E-state index is -0.541. The molecule has 0 bridgehead atoms. The summed E-state index contributed by atoms with van der Waals surface area (Å²) < 4.78 is 5.11. The Kier molecular flexibility index (Phi) is 3.66. The van der Waals surface area contributed by atoms with E-state index in [2.05, 4.69) is 5.32 Å². The number of carbonyl (C=O) groups is 1. The maximum Gasteiger partial charge on any atom is 0.336 e. The van der Waals surface area contributed by atoms with Crippen LogP contribution in [0.15, 0.2) is 33.5 Å². The molecule has 1 atom stereocenters. The number of anilines is 1. The molecule has 0 aliphatic rings. The third-order valence-electron chi connectivity index (χ3n) is 3.00. The molecule has 0 aliphatic carbocycles. The summed E-state index contributed by atoms with van der Waals surface area (Å²) in [5.41, 5.74) is 7.09. The van der Waals surface area contributed by atoms with Gasteiger partial charge in [0.25, 0.3) is 0 Å². The second kappa shape index (κ2) is 5.24. The number of aryl methyl sites for hydroxylation is 1. The smallest absolute Gasteiger partial charge is 0.336 e. The van der Waals surface area contributed by atoms with Crippen LogP contribution >= 0.6 is 0 Å². The summed E-state index contributed by atoms with van der Waals surface area (Å²) in [7, 11) is 0. The van der Waals surface area contributed by atoms with Crippen molar-refractivity contribution in [3.8, 4) is 0 Å². The van der Waals surface area contributed by atoms with Gasteiger partial charge >= 0.3 is 5.63 Å². The van der Waals surface area contributed by atoms with Crippen molar-refractivity contribution >= 4 is 22.6 Å². The van der Waals surface area contributed by atoms with Crippen molar-refractivity contribution < 1.29 is 9.21 Å². The van der Waals surface area contributed by atoms with E-state index in [1.54, 1.807) is 18.2 Å². The van der Waals surface area contributed by atoms with E-state index in [9.17, 15) is 9.59 Å². The molecule has 0 fully saturated rings. The van der Waals surface area contributed by atoms with Gasteiger partial charge in [-0.3, -0.25) is 4.79 Å². The number of nitrogens with two attached hydrogens (primary N) is 1. The molecular formula is C14H16N2O3. The number of amides is 1. The van der Waals surface area contributed by atoms with Gasteiger partial charge in [0.05, 0.1) is 6.04 Å². The second-order valence-electron chi connectivity index (χ2n) is 4.46. The molecule has 3 N–H and O–H groups in total. The standard InChI is InChI=1S/C14H16N2O3/c1-3-11(15)14(18)16-9-4-5-10-8(2)6-13(17)19-12(10)7-9/h4-7,11H,3,15H2,1-2H3,(H,16,18). The minimum Gasteiger partial charge on any atom is -0.423 e. The fourth-order valence-electron chi connectivity index (χ4n) is 1.82. The summed E-state index contributed by atoms with van der Waals surface area (Å²) in [5.74, 6) is -0.253. The van der Waals surface area contributed by atoms with Crippen LogP contribution in [0.2, 0.25) is 0 Å². The first kappa shape index (κ1) is 13.3. The maximum atomic E-state index is 11.7. The van der Waals surface area contributed by atoms with Gasteiger partial charge in [-0.25, -0.2) is 4.79 Å². The number of fused-ring (bicyclic) bond motifs is 1. The Balaban J connectivity index is 2.37. The molecule has 19 heavy (non-hydrogen) atoms. The first-order valence-electron chi connectivity index (χ1n) is 6.12. The topological polar surface area (TPSA) is 85.3 Å². The molecule has 2 rings (SSSR count). The van der Waals surface area contributed by atoms with Crippen molar-refractivity contribution in [1.29, 1.82) is 0 Å². The summed E-state index contributed by atoms with van der Waals surface area (Å²) in [6.07, 6.45) is 0.563. The lowest BCUT2D eigenvalue weighted by atomic mass is 10.1. The van der Waals surface area contributed by atoms with Crippen LogP contribution in [-0.2, 0) is 4.79 Å². The van der Waals surface area contributed by atoms with Crippen LogP contribution in [0.25, 0.3) is 11.0 Å². The highest BCUT2D eigenvalue weighted by atomic mass is 16.4. The van der Waals surface area contributed by atoms with Gasteiger partial charge in [0.2, 0.25) is 5.91 Å². The van der Waals surface area contributed by atoms with Gasteiger partial charge in [0.15, 0.2) is 0 Å². The number of nitrogens with one attached hydrogen (secondary N) is 1. The minimum absolute atomic E-state index is 0.253. The molecule has 0 saturated carbocycles. The summed E-state index contributed by atoms with van der Waals surface area (Å²) in [6.45, 7) is 3.68. The number of hydrogen-bond donors (Lipinski definition) is 2. The number of rotatable bonds is 3. The average molecular weight is 260 g/mol. The second-order valence-corrected chi connectivity index (χ2v) is 4.46. The molecule has 1 heterocycles. The zero-order chi connectivity index (χ0) is 14.0. The van der Waals surface area contributed by atoms with Crippen molar-refractivity contribution in [2.24, 2.45) is 5.73 Å². The summed E-state index contributed by atoms with van der Waals surface area (Å²) in [6, 6.07) is 6.09. The van der Waals surface area contributed by atoms with Crippen molar-refractivity contribution in [3.05, 3.63) is 40.2 Å². The largest absolute Gasteiger partial charge is 0.423 e. The lowest BCUT2D eigenvalue weighted by molar-refractivity contribution is -0.117. The van der Waals surface area contributed by atoms with Gasteiger partial charge in [-0.2, -0.15) is 0 Å².